The largest absolute Gasteiger partial charge is 0.388 e. The Labute approximate surface area is 83.5 Å². The minimum absolute atomic E-state index is 0.0259. The highest BCUT2D eigenvalue weighted by Gasteiger charge is 2.08. The maximum absolute atomic E-state index is 12.7. The number of hydrogen-bond donors (Lipinski definition) is 1. The number of aliphatic hydroxyl groups is 1. The van der Waals surface area contributed by atoms with Crippen molar-refractivity contribution in [3.05, 3.63) is 34.1 Å². The van der Waals surface area contributed by atoms with Crippen LogP contribution in [-0.2, 0) is 4.79 Å². The van der Waals surface area contributed by atoms with Crippen molar-refractivity contribution in [3.8, 4) is 0 Å². The second-order valence-corrected chi connectivity index (χ2v) is 3.45. The van der Waals surface area contributed by atoms with Crippen LogP contribution in [0.15, 0.2) is 22.7 Å². The molecule has 1 aromatic carbocycles. The minimum Gasteiger partial charge on any atom is -0.388 e. The molecule has 0 saturated heterocycles. The maximum Gasteiger partial charge on any atom is 0.137 e. The van der Waals surface area contributed by atoms with Gasteiger partial charge >= 0.3 is 0 Å². The lowest BCUT2D eigenvalue weighted by atomic mass is 10.1. The molecule has 0 aliphatic heterocycles. The molecule has 1 aromatic rings. The van der Waals surface area contributed by atoms with E-state index in [1.165, 1.54) is 18.2 Å². The first kappa shape index (κ1) is 10.3. The third-order valence-corrected chi connectivity index (χ3v) is 2.26. The molecule has 1 unspecified atom stereocenters. The summed E-state index contributed by atoms with van der Waals surface area (Å²) < 4.78 is 13.0. The van der Waals surface area contributed by atoms with Crippen LogP contribution in [-0.4, -0.2) is 11.4 Å². The quantitative estimate of drug-likeness (QED) is 0.831. The average Bonchev–Trinajstić information content (AvgIpc) is 2.10. The molecule has 0 radical (unpaired) electrons. The van der Waals surface area contributed by atoms with Crippen LogP contribution in [0.3, 0.4) is 0 Å². The number of aliphatic hydroxyl groups excluding tert-OH is 1. The van der Waals surface area contributed by atoms with Crippen molar-refractivity contribution in [1.82, 2.24) is 0 Å². The van der Waals surface area contributed by atoms with Gasteiger partial charge in [0.2, 0.25) is 0 Å². The van der Waals surface area contributed by atoms with Crippen LogP contribution in [0.25, 0.3) is 0 Å². The zero-order valence-electron chi connectivity index (χ0n) is 6.71. The summed E-state index contributed by atoms with van der Waals surface area (Å²) in [6.45, 7) is 0. The lowest BCUT2D eigenvalue weighted by molar-refractivity contribution is -0.109. The zero-order chi connectivity index (χ0) is 9.84. The van der Waals surface area contributed by atoms with Gasteiger partial charge in [-0.2, -0.15) is 0 Å². The molecular formula is C9H8BrFO2. The van der Waals surface area contributed by atoms with E-state index < -0.39 is 6.10 Å². The molecule has 4 heteroatoms. The van der Waals surface area contributed by atoms with Gasteiger partial charge in [0.1, 0.15) is 12.1 Å². The van der Waals surface area contributed by atoms with E-state index in [-0.39, 0.29) is 16.7 Å². The van der Waals surface area contributed by atoms with Crippen molar-refractivity contribution >= 4 is 22.2 Å². The fraction of sp³-hybridized carbons (Fsp3) is 0.222. The smallest absolute Gasteiger partial charge is 0.137 e. The van der Waals surface area contributed by atoms with Gasteiger partial charge in [0.15, 0.2) is 0 Å². The van der Waals surface area contributed by atoms with Gasteiger partial charge in [0.05, 0.1) is 10.6 Å². The molecule has 1 rings (SSSR count). The molecule has 0 spiro atoms. The van der Waals surface area contributed by atoms with E-state index in [0.717, 1.165) is 0 Å². The number of benzene rings is 1. The number of rotatable bonds is 3. The second kappa shape index (κ2) is 4.48. The van der Waals surface area contributed by atoms with Gasteiger partial charge in [-0.3, -0.25) is 0 Å². The second-order valence-electron chi connectivity index (χ2n) is 2.59. The van der Waals surface area contributed by atoms with Gasteiger partial charge in [0, 0.05) is 6.42 Å². The highest BCUT2D eigenvalue weighted by atomic mass is 79.9. The third-order valence-electron chi connectivity index (χ3n) is 1.65. The molecule has 70 valence electrons. The Morgan fingerprint density at radius 2 is 2.31 bits per heavy atom. The van der Waals surface area contributed by atoms with Crippen LogP contribution in [0, 0.1) is 5.82 Å². The standard InChI is InChI=1S/C9H8BrFO2/c10-7-5-6(1-2-8(7)11)9(13)3-4-12/h1-2,4-5,9,13H,3H2. The van der Waals surface area contributed by atoms with Gasteiger partial charge in [-0.1, -0.05) is 6.07 Å². The third kappa shape index (κ3) is 2.60. The van der Waals surface area contributed by atoms with E-state index in [1.54, 1.807) is 0 Å². The number of carbonyl (C=O) groups excluding carboxylic acids is 1. The first-order chi connectivity index (χ1) is 6.15. The molecule has 0 amide bonds. The fourth-order valence-corrected chi connectivity index (χ4v) is 1.34. The van der Waals surface area contributed by atoms with Gasteiger partial charge < -0.3 is 9.90 Å². The molecule has 1 atom stereocenters. The van der Waals surface area contributed by atoms with Crippen molar-refractivity contribution in [2.24, 2.45) is 0 Å². The summed E-state index contributed by atoms with van der Waals surface area (Å²) >= 11 is 2.99. The Morgan fingerprint density at radius 1 is 1.62 bits per heavy atom. The van der Waals surface area contributed by atoms with E-state index >= 15 is 0 Å². The van der Waals surface area contributed by atoms with Crippen molar-refractivity contribution in [2.75, 3.05) is 0 Å². The lowest BCUT2D eigenvalue weighted by Crippen LogP contribution is -1.98. The molecule has 0 fully saturated rings. The number of halogens is 2. The van der Waals surface area contributed by atoms with E-state index in [1.807, 2.05) is 0 Å². The first-order valence-corrected chi connectivity index (χ1v) is 4.51. The van der Waals surface area contributed by atoms with Crippen LogP contribution in [0.1, 0.15) is 18.1 Å². The maximum atomic E-state index is 12.7. The first-order valence-electron chi connectivity index (χ1n) is 3.72. The summed E-state index contributed by atoms with van der Waals surface area (Å²) in [6.07, 6.45) is -0.200. The van der Waals surface area contributed by atoms with Crippen LogP contribution in [0.2, 0.25) is 0 Å². The summed E-state index contributed by atoms with van der Waals surface area (Å²) in [6, 6.07) is 4.16. The molecule has 0 bridgehead atoms. The Balaban J connectivity index is 2.89. The lowest BCUT2D eigenvalue weighted by Gasteiger charge is -2.07. The highest BCUT2D eigenvalue weighted by molar-refractivity contribution is 9.10. The zero-order valence-corrected chi connectivity index (χ0v) is 8.29. The van der Waals surface area contributed by atoms with E-state index in [2.05, 4.69) is 15.9 Å². The van der Waals surface area contributed by atoms with Crippen molar-refractivity contribution in [2.45, 2.75) is 12.5 Å². The average molecular weight is 247 g/mol. The van der Waals surface area contributed by atoms with Crippen LogP contribution < -0.4 is 0 Å². The minimum atomic E-state index is -0.852. The van der Waals surface area contributed by atoms with Gasteiger partial charge in [-0.25, -0.2) is 4.39 Å². The normalized spacial score (nSPS) is 12.5. The SMILES string of the molecule is O=CCC(O)c1ccc(F)c(Br)c1. The topological polar surface area (TPSA) is 37.3 Å². The van der Waals surface area contributed by atoms with Gasteiger partial charge in [0.25, 0.3) is 0 Å². The summed E-state index contributed by atoms with van der Waals surface area (Å²) in [4.78, 5) is 10.1. The summed E-state index contributed by atoms with van der Waals surface area (Å²) in [5.41, 5.74) is 0.528. The molecule has 0 heterocycles. The van der Waals surface area contributed by atoms with Crippen molar-refractivity contribution in [3.63, 3.8) is 0 Å². The van der Waals surface area contributed by atoms with E-state index in [0.29, 0.717) is 11.8 Å². The molecule has 2 nitrogen and oxygen atoms in total. The number of aldehydes is 1. The van der Waals surface area contributed by atoms with Crippen molar-refractivity contribution in [1.29, 1.82) is 0 Å². The van der Waals surface area contributed by atoms with Crippen LogP contribution in [0.4, 0.5) is 4.39 Å². The van der Waals surface area contributed by atoms with E-state index in [9.17, 15) is 14.3 Å². The highest BCUT2D eigenvalue weighted by Crippen LogP contribution is 2.22. The summed E-state index contributed by atoms with van der Waals surface area (Å²) in [5, 5.41) is 9.36. The van der Waals surface area contributed by atoms with Crippen molar-refractivity contribution < 1.29 is 14.3 Å². The van der Waals surface area contributed by atoms with Crippen LogP contribution >= 0.6 is 15.9 Å². The van der Waals surface area contributed by atoms with Gasteiger partial charge in [-0.05, 0) is 33.6 Å². The summed E-state index contributed by atoms with van der Waals surface area (Å²) in [5.74, 6) is -0.387. The molecular weight excluding hydrogens is 239 g/mol. The predicted octanol–water partition coefficient (Wildman–Crippen LogP) is 2.21. The summed E-state index contributed by atoms with van der Waals surface area (Å²) in [7, 11) is 0. The molecule has 13 heavy (non-hydrogen) atoms. The molecule has 0 aliphatic carbocycles. The Morgan fingerprint density at radius 3 is 2.85 bits per heavy atom. The van der Waals surface area contributed by atoms with Gasteiger partial charge in [-0.15, -0.1) is 0 Å². The molecule has 0 saturated carbocycles. The number of carbonyl (C=O) groups is 1. The Kier molecular flexibility index (Phi) is 3.57. The van der Waals surface area contributed by atoms with Crippen LogP contribution in [0.5, 0.6) is 0 Å². The Hall–Kier alpha value is -0.740. The molecule has 1 N–H and O–H groups in total. The Bertz CT molecular complexity index is 314. The fourth-order valence-electron chi connectivity index (χ4n) is 0.947. The van der Waals surface area contributed by atoms with E-state index in [4.69, 9.17) is 0 Å². The predicted molar refractivity (Wildman–Crippen MR) is 49.7 cm³/mol. The number of hydrogen-bond acceptors (Lipinski definition) is 2. The molecule has 0 aliphatic rings. The monoisotopic (exact) mass is 246 g/mol. The molecule has 0 aromatic heterocycles.